The van der Waals surface area contributed by atoms with Crippen LogP contribution in [0.5, 0.6) is 17.2 Å². The molecule has 3 aromatic rings. The zero-order valence-corrected chi connectivity index (χ0v) is 21.5. The van der Waals surface area contributed by atoms with Gasteiger partial charge in [0.25, 0.3) is 0 Å². The van der Waals surface area contributed by atoms with Gasteiger partial charge in [-0.2, -0.15) is 0 Å². The minimum atomic E-state index is -1.00. The SMILES string of the molecule is CC(=O)N1CCCCC1COc1ccc(Oc2ccc(CC(=S)Nc3ccccc3C(=O)O)cc2)cc1. The monoisotopic (exact) mass is 518 g/mol. The van der Waals surface area contributed by atoms with Gasteiger partial charge in [-0.3, -0.25) is 4.79 Å². The predicted octanol–water partition coefficient (Wildman–Crippen LogP) is 5.94. The highest BCUT2D eigenvalue weighted by molar-refractivity contribution is 7.80. The van der Waals surface area contributed by atoms with Gasteiger partial charge in [0, 0.05) is 19.9 Å². The van der Waals surface area contributed by atoms with Gasteiger partial charge in [-0.05, 0) is 73.4 Å². The van der Waals surface area contributed by atoms with Crippen molar-refractivity contribution in [3.8, 4) is 17.2 Å². The van der Waals surface area contributed by atoms with Crippen molar-refractivity contribution in [3.05, 3.63) is 83.9 Å². The number of thiocarbonyl (C=S) groups is 1. The second-order valence-electron chi connectivity index (χ2n) is 8.97. The van der Waals surface area contributed by atoms with Crippen molar-refractivity contribution in [3.63, 3.8) is 0 Å². The Balaban J connectivity index is 1.27. The van der Waals surface area contributed by atoms with Gasteiger partial charge in [0.1, 0.15) is 23.9 Å². The number of benzene rings is 3. The molecule has 8 heteroatoms. The first-order valence-corrected chi connectivity index (χ1v) is 12.7. The molecule has 192 valence electrons. The lowest BCUT2D eigenvalue weighted by Gasteiger charge is -2.34. The first-order valence-electron chi connectivity index (χ1n) is 12.3. The Morgan fingerprint density at radius 1 is 0.973 bits per heavy atom. The summed E-state index contributed by atoms with van der Waals surface area (Å²) in [5.41, 5.74) is 1.63. The van der Waals surface area contributed by atoms with Gasteiger partial charge in [0.05, 0.1) is 22.3 Å². The smallest absolute Gasteiger partial charge is 0.337 e. The standard InChI is InChI=1S/C29H30N2O5S/c1-20(32)31-17-5-4-6-22(31)19-35-23-13-15-25(16-14-23)36-24-11-9-21(10-12-24)18-28(37)30-27-8-3-2-7-26(27)29(33)34/h2-3,7-16,22H,4-6,17-19H2,1H3,(H,30,37)(H,33,34). The van der Waals surface area contributed by atoms with E-state index in [1.54, 1.807) is 25.1 Å². The van der Waals surface area contributed by atoms with Gasteiger partial charge in [0.2, 0.25) is 5.91 Å². The summed E-state index contributed by atoms with van der Waals surface area (Å²) in [6.45, 7) is 2.90. The number of para-hydroxylation sites is 1. The van der Waals surface area contributed by atoms with Gasteiger partial charge in [-0.25, -0.2) is 4.79 Å². The number of amides is 1. The van der Waals surface area contributed by atoms with Crippen molar-refractivity contribution in [2.75, 3.05) is 18.5 Å². The second-order valence-corrected chi connectivity index (χ2v) is 9.46. The number of nitrogens with zero attached hydrogens (tertiary/aromatic N) is 1. The Kier molecular flexibility index (Phi) is 8.74. The molecule has 0 aliphatic carbocycles. The van der Waals surface area contributed by atoms with Crippen LogP contribution in [0.3, 0.4) is 0 Å². The van der Waals surface area contributed by atoms with E-state index >= 15 is 0 Å². The summed E-state index contributed by atoms with van der Waals surface area (Å²) in [6.07, 6.45) is 3.60. The van der Waals surface area contributed by atoms with Crippen molar-refractivity contribution < 1.29 is 24.2 Å². The highest BCUT2D eigenvalue weighted by Crippen LogP contribution is 2.25. The summed E-state index contributed by atoms with van der Waals surface area (Å²) >= 11 is 5.43. The second kappa shape index (κ2) is 12.4. The Morgan fingerprint density at radius 2 is 1.62 bits per heavy atom. The molecule has 1 aliphatic heterocycles. The fourth-order valence-electron chi connectivity index (χ4n) is 4.35. The number of rotatable bonds is 9. The number of carboxylic acids is 1. The molecule has 1 atom stereocenters. The zero-order valence-electron chi connectivity index (χ0n) is 20.7. The van der Waals surface area contributed by atoms with Crippen LogP contribution >= 0.6 is 12.2 Å². The minimum Gasteiger partial charge on any atom is -0.491 e. The van der Waals surface area contributed by atoms with E-state index in [-0.39, 0.29) is 17.5 Å². The minimum absolute atomic E-state index is 0.102. The maximum atomic E-state index is 11.8. The van der Waals surface area contributed by atoms with Gasteiger partial charge < -0.3 is 24.8 Å². The van der Waals surface area contributed by atoms with Crippen LogP contribution in [-0.2, 0) is 11.2 Å². The van der Waals surface area contributed by atoms with Crippen LogP contribution in [0.15, 0.2) is 72.8 Å². The van der Waals surface area contributed by atoms with Gasteiger partial charge >= 0.3 is 5.97 Å². The number of hydrogen-bond donors (Lipinski definition) is 2. The molecule has 1 aliphatic rings. The Morgan fingerprint density at radius 3 is 2.30 bits per heavy atom. The molecular formula is C29H30N2O5S. The van der Waals surface area contributed by atoms with E-state index in [0.717, 1.165) is 37.1 Å². The average Bonchev–Trinajstić information content (AvgIpc) is 2.89. The Hall–Kier alpha value is -3.91. The topological polar surface area (TPSA) is 88.1 Å². The van der Waals surface area contributed by atoms with Crippen molar-refractivity contribution in [1.29, 1.82) is 0 Å². The molecule has 0 aromatic heterocycles. The van der Waals surface area contributed by atoms with Crippen molar-refractivity contribution >= 4 is 34.8 Å². The number of hydrogen-bond acceptors (Lipinski definition) is 5. The number of likely N-dealkylation sites (tertiary alicyclic amines) is 1. The lowest BCUT2D eigenvalue weighted by molar-refractivity contribution is -0.133. The molecule has 1 unspecified atom stereocenters. The number of aromatic carboxylic acids is 1. The predicted molar refractivity (Wildman–Crippen MR) is 147 cm³/mol. The molecule has 1 heterocycles. The quantitative estimate of drug-likeness (QED) is 0.339. The molecular weight excluding hydrogens is 488 g/mol. The van der Waals surface area contributed by atoms with Crippen LogP contribution in [0.25, 0.3) is 0 Å². The molecule has 3 aromatic carbocycles. The molecule has 0 saturated carbocycles. The molecule has 0 radical (unpaired) electrons. The van der Waals surface area contributed by atoms with E-state index in [0.29, 0.717) is 35.2 Å². The number of ether oxygens (including phenoxy) is 2. The molecule has 7 nitrogen and oxygen atoms in total. The fraction of sp³-hybridized carbons (Fsp3) is 0.276. The van der Waals surface area contributed by atoms with E-state index in [9.17, 15) is 14.7 Å². The van der Waals surface area contributed by atoms with E-state index in [1.807, 2.05) is 53.4 Å². The van der Waals surface area contributed by atoms with E-state index in [2.05, 4.69) is 5.32 Å². The first kappa shape index (κ1) is 26.2. The van der Waals surface area contributed by atoms with Crippen LogP contribution in [0.1, 0.15) is 42.1 Å². The molecule has 1 saturated heterocycles. The van der Waals surface area contributed by atoms with E-state index in [1.165, 1.54) is 6.07 Å². The third-order valence-electron chi connectivity index (χ3n) is 6.25. The Bertz CT molecular complexity index is 1240. The highest BCUT2D eigenvalue weighted by Gasteiger charge is 2.24. The van der Waals surface area contributed by atoms with Gasteiger partial charge in [-0.1, -0.05) is 36.5 Å². The maximum absolute atomic E-state index is 11.8. The van der Waals surface area contributed by atoms with Gasteiger partial charge in [0.15, 0.2) is 0 Å². The van der Waals surface area contributed by atoms with Gasteiger partial charge in [-0.15, -0.1) is 0 Å². The van der Waals surface area contributed by atoms with Crippen molar-refractivity contribution in [1.82, 2.24) is 4.90 Å². The summed E-state index contributed by atoms with van der Waals surface area (Å²) in [5.74, 6) is 1.21. The third kappa shape index (κ3) is 7.30. The van der Waals surface area contributed by atoms with Crippen LogP contribution in [0.4, 0.5) is 5.69 Å². The number of piperidine rings is 1. The summed E-state index contributed by atoms with van der Waals surface area (Å²) in [6, 6.07) is 21.8. The van der Waals surface area contributed by atoms with Crippen LogP contribution in [-0.4, -0.2) is 46.1 Å². The lowest BCUT2D eigenvalue weighted by Crippen LogP contribution is -2.45. The van der Waals surface area contributed by atoms with Crippen molar-refractivity contribution in [2.45, 2.75) is 38.6 Å². The summed E-state index contributed by atoms with van der Waals surface area (Å²) in [7, 11) is 0. The molecule has 37 heavy (non-hydrogen) atoms. The fourth-order valence-corrected chi connectivity index (χ4v) is 4.63. The molecule has 2 N–H and O–H groups in total. The molecule has 0 spiro atoms. The van der Waals surface area contributed by atoms with Crippen molar-refractivity contribution in [2.24, 2.45) is 0 Å². The number of carboxylic acid groups (broad SMARTS) is 1. The third-order valence-corrected chi connectivity index (χ3v) is 6.50. The molecule has 0 bridgehead atoms. The highest BCUT2D eigenvalue weighted by atomic mass is 32.1. The molecule has 1 amide bonds. The number of anilines is 1. The molecule has 1 fully saturated rings. The number of carbonyl (C=O) groups excluding carboxylic acids is 1. The first-order chi connectivity index (χ1) is 17.9. The summed E-state index contributed by atoms with van der Waals surface area (Å²) in [4.78, 5) is 25.7. The summed E-state index contributed by atoms with van der Waals surface area (Å²) in [5, 5.41) is 12.4. The lowest BCUT2D eigenvalue weighted by atomic mass is 10.0. The zero-order chi connectivity index (χ0) is 26.2. The summed E-state index contributed by atoms with van der Waals surface area (Å²) < 4.78 is 11.9. The Labute approximate surface area is 222 Å². The van der Waals surface area contributed by atoms with Crippen LogP contribution in [0.2, 0.25) is 0 Å². The average molecular weight is 519 g/mol. The van der Waals surface area contributed by atoms with Crippen LogP contribution < -0.4 is 14.8 Å². The van der Waals surface area contributed by atoms with E-state index < -0.39 is 5.97 Å². The van der Waals surface area contributed by atoms with Crippen LogP contribution in [0, 0.1) is 0 Å². The number of nitrogens with one attached hydrogen (secondary N) is 1. The van der Waals surface area contributed by atoms with E-state index in [4.69, 9.17) is 21.7 Å². The molecule has 4 rings (SSSR count). The largest absolute Gasteiger partial charge is 0.491 e. The normalized spacial score (nSPS) is 15.1. The number of carbonyl (C=O) groups is 2. The maximum Gasteiger partial charge on any atom is 0.337 e.